The third-order valence-corrected chi connectivity index (χ3v) is 4.06. The second-order valence-corrected chi connectivity index (χ2v) is 6.05. The maximum Gasteiger partial charge on any atom is 0.0420 e. The van der Waals surface area contributed by atoms with Crippen LogP contribution in [0.4, 0.5) is 11.4 Å². The van der Waals surface area contributed by atoms with E-state index in [0.29, 0.717) is 12.1 Å². The summed E-state index contributed by atoms with van der Waals surface area (Å²) in [6.45, 7) is 12.4. The van der Waals surface area contributed by atoms with E-state index in [-0.39, 0.29) is 0 Å². The quantitative estimate of drug-likeness (QED) is 0.827. The molecule has 3 heteroatoms. The fourth-order valence-electron chi connectivity index (χ4n) is 3.04. The topological polar surface area (TPSA) is 32.5 Å². The van der Waals surface area contributed by atoms with E-state index in [0.717, 1.165) is 31.7 Å². The van der Waals surface area contributed by atoms with Crippen molar-refractivity contribution in [3.63, 3.8) is 0 Å². The Bertz CT molecular complexity index is 418. The zero-order valence-corrected chi connectivity index (χ0v) is 12.7. The highest BCUT2D eigenvalue weighted by atomic mass is 15.2. The van der Waals surface area contributed by atoms with Crippen LogP contribution in [0.3, 0.4) is 0 Å². The average Bonchev–Trinajstić information content (AvgIpc) is 2.71. The lowest BCUT2D eigenvalue weighted by Crippen LogP contribution is -2.42. The summed E-state index contributed by atoms with van der Waals surface area (Å²) in [6, 6.07) is 7.51. The second kappa shape index (κ2) is 5.83. The summed E-state index contributed by atoms with van der Waals surface area (Å²) in [5.41, 5.74) is 9.56. The molecule has 0 saturated heterocycles. The molecule has 1 heterocycles. The molecule has 0 saturated carbocycles. The molecule has 0 fully saturated rings. The number of nitrogens with zero attached hydrogens (tertiary/aromatic N) is 2. The Kier molecular flexibility index (Phi) is 4.35. The molecule has 1 aliphatic rings. The Labute approximate surface area is 117 Å². The summed E-state index contributed by atoms with van der Waals surface area (Å²) < 4.78 is 0. The number of hydrogen-bond acceptors (Lipinski definition) is 3. The van der Waals surface area contributed by atoms with Crippen LogP contribution in [0.5, 0.6) is 0 Å². The number of fused-ring (bicyclic) bond motifs is 1. The van der Waals surface area contributed by atoms with Crippen molar-refractivity contribution >= 4 is 11.4 Å². The van der Waals surface area contributed by atoms with Crippen molar-refractivity contribution in [1.82, 2.24) is 4.90 Å². The number of nitrogens with two attached hydrogens (primary N) is 1. The van der Waals surface area contributed by atoms with Crippen molar-refractivity contribution < 1.29 is 0 Å². The number of rotatable bonds is 5. The van der Waals surface area contributed by atoms with Crippen molar-refractivity contribution in [2.45, 2.75) is 46.2 Å². The van der Waals surface area contributed by atoms with E-state index in [2.05, 4.69) is 49.6 Å². The van der Waals surface area contributed by atoms with Crippen molar-refractivity contribution in [1.29, 1.82) is 0 Å². The second-order valence-electron chi connectivity index (χ2n) is 6.05. The van der Waals surface area contributed by atoms with Crippen LogP contribution in [0.25, 0.3) is 0 Å². The van der Waals surface area contributed by atoms with Gasteiger partial charge in [0, 0.05) is 43.1 Å². The van der Waals surface area contributed by atoms with Crippen LogP contribution in [0.15, 0.2) is 18.2 Å². The maximum atomic E-state index is 5.91. The molecule has 0 aromatic heterocycles. The minimum absolute atomic E-state index is 0.600. The first-order valence-electron chi connectivity index (χ1n) is 7.38. The average molecular weight is 261 g/mol. The molecular weight excluding hydrogens is 234 g/mol. The first kappa shape index (κ1) is 14.2. The van der Waals surface area contributed by atoms with Crippen LogP contribution in [-0.2, 0) is 6.42 Å². The molecule has 0 radical (unpaired) electrons. The van der Waals surface area contributed by atoms with Crippen molar-refractivity contribution in [3.05, 3.63) is 23.8 Å². The van der Waals surface area contributed by atoms with Crippen molar-refractivity contribution in [2.75, 3.05) is 30.3 Å². The Morgan fingerprint density at radius 2 is 1.89 bits per heavy atom. The fourth-order valence-corrected chi connectivity index (χ4v) is 3.04. The van der Waals surface area contributed by atoms with Crippen LogP contribution < -0.4 is 10.6 Å². The summed E-state index contributed by atoms with van der Waals surface area (Å²) in [5, 5.41) is 0. The first-order chi connectivity index (χ1) is 8.99. The maximum absolute atomic E-state index is 5.91. The van der Waals surface area contributed by atoms with Gasteiger partial charge in [-0.15, -0.1) is 0 Å². The van der Waals surface area contributed by atoms with Gasteiger partial charge in [0.2, 0.25) is 0 Å². The fraction of sp³-hybridized carbons (Fsp3) is 0.625. The van der Waals surface area contributed by atoms with Crippen LogP contribution in [0.1, 0.15) is 33.3 Å². The molecule has 0 spiro atoms. The zero-order chi connectivity index (χ0) is 14.0. The molecule has 1 aliphatic heterocycles. The highest BCUT2D eigenvalue weighted by Gasteiger charge is 2.21. The Balaban J connectivity index is 2.01. The van der Waals surface area contributed by atoms with Crippen molar-refractivity contribution in [2.24, 2.45) is 0 Å². The van der Waals surface area contributed by atoms with Gasteiger partial charge in [-0.1, -0.05) is 6.07 Å². The molecule has 2 N–H and O–H groups in total. The van der Waals surface area contributed by atoms with E-state index in [9.17, 15) is 0 Å². The van der Waals surface area contributed by atoms with E-state index in [1.54, 1.807) is 0 Å². The number of nitrogen functional groups attached to an aromatic ring is 1. The zero-order valence-electron chi connectivity index (χ0n) is 12.7. The molecule has 106 valence electrons. The van der Waals surface area contributed by atoms with Gasteiger partial charge in [0.15, 0.2) is 0 Å². The lowest BCUT2D eigenvalue weighted by molar-refractivity contribution is 0.179. The van der Waals surface area contributed by atoms with Gasteiger partial charge in [-0.2, -0.15) is 0 Å². The highest BCUT2D eigenvalue weighted by molar-refractivity contribution is 5.64. The van der Waals surface area contributed by atoms with Crippen molar-refractivity contribution in [3.8, 4) is 0 Å². The highest BCUT2D eigenvalue weighted by Crippen LogP contribution is 2.29. The van der Waals surface area contributed by atoms with Gasteiger partial charge in [-0.25, -0.2) is 0 Å². The predicted octanol–water partition coefficient (Wildman–Crippen LogP) is 2.75. The number of anilines is 2. The lowest BCUT2D eigenvalue weighted by atomic mass is 10.1. The Morgan fingerprint density at radius 3 is 2.53 bits per heavy atom. The third kappa shape index (κ3) is 3.21. The molecule has 19 heavy (non-hydrogen) atoms. The number of hydrogen-bond donors (Lipinski definition) is 1. The molecule has 0 bridgehead atoms. The largest absolute Gasteiger partial charge is 0.399 e. The van der Waals surface area contributed by atoms with Crippen LogP contribution >= 0.6 is 0 Å². The normalized spacial score (nSPS) is 14.8. The Hall–Kier alpha value is -1.22. The van der Waals surface area contributed by atoms with Gasteiger partial charge >= 0.3 is 0 Å². The van der Waals surface area contributed by atoms with E-state index in [1.807, 2.05) is 6.07 Å². The third-order valence-electron chi connectivity index (χ3n) is 4.06. The minimum atomic E-state index is 0.600. The van der Waals surface area contributed by atoms with Crippen LogP contribution in [0, 0.1) is 0 Å². The van der Waals surface area contributed by atoms with E-state index >= 15 is 0 Å². The molecule has 3 nitrogen and oxygen atoms in total. The molecule has 0 amide bonds. The standard InChI is InChI=1S/C16H27N3/c1-12(2)19(13(3)4)10-9-18-8-7-14-5-6-15(17)11-16(14)18/h5-6,11-13H,7-10,17H2,1-4H3. The van der Waals surface area contributed by atoms with E-state index < -0.39 is 0 Å². The van der Waals surface area contributed by atoms with E-state index in [4.69, 9.17) is 5.73 Å². The summed E-state index contributed by atoms with van der Waals surface area (Å²) in [6.07, 6.45) is 1.15. The van der Waals surface area contributed by atoms with Gasteiger partial charge in [-0.05, 0) is 51.8 Å². The minimum Gasteiger partial charge on any atom is -0.399 e. The Morgan fingerprint density at radius 1 is 1.21 bits per heavy atom. The summed E-state index contributed by atoms with van der Waals surface area (Å²) >= 11 is 0. The van der Waals surface area contributed by atoms with Gasteiger partial charge in [0.25, 0.3) is 0 Å². The van der Waals surface area contributed by atoms with Gasteiger partial charge in [0.05, 0.1) is 0 Å². The smallest absolute Gasteiger partial charge is 0.0420 e. The predicted molar refractivity (Wildman–Crippen MR) is 83.7 cm³/mol. The van der Waals surface area contributed by atoms with Gasteiger partial charge < -0.3 is 10.6 Å². The van der Waals surface area contributed by atoms with Crippen LogP contribution in [-0.4, -0.2) is 36.6 Å². The van der Waals surface area contributed by atoms with Gasteiger partial charge in [-0.3, -0.25) is 4.90 Å². The lowest BCUT2D eigenvalue weighted by Gasteiger charge is -2.32. The SMILES string of the molecule is CC(C)N(CCN1CCc2ccc(N)cc21)C(C)C. The monoisotopic (exact) mass is 261 g/mol. The molecule has 1 aromatic rings. The summed E-state index contributed by atoms with van der Waals surface area (Å²) in [5.74, 6) is 0. The molecule has 1 aromatic carbocycles. The van der Waals surface area contributed by atoms with Crippen LogP contribution in [0.2, 0.25) is 0 Å². The molecule has 0 aliphatic carbocycles. The molecule has 0 atom stereocenters. The van der Waals surface area contributed by atoms with E-state index in [1.165, 1.54) is 11.3 Å². The summed E-state index contributed by atoms with van der Waals surface area (Å²) in [4.78, 5) is 5.02. The molecule has 0 unspecified atom stereocenters. The molecule has 2 rings (SSSR count). The van der Waals surface area contributed by atoms with Gasteiger partial charge in [0.1, 0.15) is 0 Å². The molecular formula is C16H27N3. The first-order valence-corrected chi connectivity index (χ1v) is 7.38. The number of benzene rings is 1. The summed E-state index contributed by atoms with van der Waals surface area (Å²) in [7, 11) is 0.